The molecule has 0 N–H and O–H groups in total. The molecule has 0 aliphatic rings. The van der Waals surface area contributed by atoms with Crippen LogP contribution in [-0.2, 0) is 0 Å². The van der Waals surface area contributed by atoms with Crippen molar-refractivity contribution in [2.45, 2.75) is 0 Å². The molecule has 23 aromatic rings. The second kappa shape index (κ2) is 26.3. The zero-order valence-corrected chi connectivity index (χ0v) is 62.9. The van der Waals surface area contributed by atoms with Crippen molar-refractivity contribution in [2.75, 3.05) is 9.80 Å². The van der Waals surface area contributed by atoms with Crippen LogP contribution in [0.4, 0.5) is 34.1 Å². The average molecular weight is 1470 g/mol. The Labute approximate surface area is 660 Å². The fourth-order valence-corrected chi connectivity index (χ4v) is 20.9. The van der Waals surface area contributed by atoms with E-state index in [4.69, 9.17) is 4.42 Å². The minimum atomic E-state index is 0.865. The highest BCUT2D eigenvalue weighted by Crippen LogP contribution is 2.56. The van der Waals surface area contributed by atoms with E-state index in [-0.39, 0.29) is 0 Å². The van der Waals surface area contributed by atoms with Crippen LogP contribution in [0.2, 0.25) is 0 Å². The van der Waals surface area contributed by atoms with Gasteiger partial charge in [-0.15, -0.1) is 22.7 Å². The van der Waals surface area contributed by atoms with Gasteiger partial charge < -0.3 is 14.2 Å². The number of hydrogen-bond donors (Lipinski definition) is 0. The van der Waals surface area contributed by atoms with E-state index >= 15 is 0 Å². The van der Waals surface area contributed by atoms with Crippen LogP contribution in [0.3, 0.4) is 0 Å². The molecule has 3 nitrogen and oxygen atoms in total. The summed E-state index contributed by atoms with van der Waals surface area (Å²) in [5, 5.41) is 21.6. The summed E-state index contributed by atoms with van der Waals surface area (Å²) in [7, 11) is 0. The van der Waals surface area contributed by atoms with Gasteiger partial charge in [0, 0.05) is 101 Å². The van der Waals surface area contributed by atoms with Crippen LogP contribution in [0.25, 0.3) is 194 Å². The Morgan fingerprint density at radius 1 is 0.212 bits per heavy atom. The van der Waals surface area contributed by atoms with E-state index in [0.717, 1.165) is 78.1 Å². The largest absolute Gasteiger partial charge is 0.455 e. The van der Waals surface area contributed by atoms with Crippen LogP contribution in [0.1, 0.15) is 0 Å². The molecule has 0 unspecified atom stereocenters. The molecule has 113 heavy (non-hydrogen) atoms. The molecule has 0 radical (unpaired) electrons. The fourth-order valence-electron chi connectivity index (χ4n) is 18.4. The Morgan fingerprint density at radius 3 is 1.32 bits per heavy atom. The zero-order chi connectivity index (χ0) is 74.2. The Hall–Kier alpha value is -14.2. The molecule has 5 heteroatoms. The van der Waals surface area contributed by atoms with Gasteiger partial charge in [0.2, 0.25) is 0 Å². The smallest absolute Gasteiger partial charge is 0.143 e. The van der Waals surface area contributed by atoms with Crippen molar-refractivity contribution < 1.29 is 4.42 Å². The van der Waals surface area contributed by atoms with Crippen molar-refractivity contribution in [3.63, 3.8) is 0 Å². The molecular formula is C108H66N2OS2. The van der Waals surface area contributed by atoms with E-state index in [2.05, 4.69) is 410 Å². The van der Waals surface area contributed by atoms with Gasteiger partial charge in [0.1, 0.15) is 11.2 Å². The molecule has 0 atom stereocenters. The molecule has 0 saturated heterocycles. The third kappa shape index (κ3) is 10.3. The van der Waals surface area contributed by atoms with Crippen molar-refractivity contribution in [3.8, 4) is 66.8 Å². The SMILES string of the molecule is c1ccc(N(c2ccc(-c3cccc4c3sc3ccccc34)cc2)c2c(-c3cccc4cc(-c5ccc(-c6ccc(N(c7ccccc7-c7cccc8c7oc7ccccc78)c7c(-c8cccc9ccccc89)c8ccccc8c8ccccc78)cc6)c6c5sc5ccccc56)ccc34)c3ccccc3c3ccccc23)cc1. The van der Waals surface area contributed by atoms with Crippen molar-refractivity contribution in [1.82, 2.24) is 0 Å². The number of furan rings is 1. The molecule has 0 bridgehead atoms. The Kier molecular flexibility index (Phi) is 15.1. The first-order chi connectivity index (χ1) is 56.1. The first kappa shape index (κ1) is 64.8. The quantitative estimate of drug-likeness (QED) is 0.114. The molecule has 0 spiro atoms. The molecule has 23 rings (SSSR count). The third-order valence-electron chi connectivity index (χ3n) is 23.4. The lowest BCUT2D eigenvalue weighted by Gasteiger charge is -2.32. The van der Waals surface area contributed by atoms with Crippen LogP contribution < -0.4 is 9.80 Å². The van der Waals surface area contributed by atoms with Gasteiger partial charge in [-0.1, -0.05) is 334 Å². The van der Waals surface area contributed by atoms with Gasteiger partial charge in [-0.25, -0.2) is 0 Å². The molecule has 0 saturated carbocycles. The van der Waals surface area contributed by atoms with Crippen molar-refractivity contribution in [3.05, 3.63) is 400 Å². The Morgan fingerprint density at radius 2 is 0.628 bits per heavy atom. The van der Waals surface area contributed by atoms with Gasteiger partial charge >= 0.3 is 0 Å². The lowest BCUT2D eigenvalue weighted by molar-refractivity contribution is 0.670. The van der Waals surface area contributed by atoms with Crippen molar-refractivity contribution >= 4 is 184 Å². The molecule has 0 amide bonds. The molecule has 3 aromatic heterocycles. The van der Waals surface area contributed by atoms with E-state index in [1.165, 1.54) is 150 Å². The molecular weight excluding hydrogens is 1410 g/mol. The number of hydrogen-bond acceptors (Lipinski definition) is 5. The molecule has 0 fully saturated rings. The van der Waals surface area contributed by atoms with E-state index < -0.39 is 0 Å². The summed E-state index contributed by atoms with van der Waals surface area (Å²) in [4.78, 5) is 5.05. The van der Waals surface area contributed by atoms with Gasteiger partial charge in [0.05, 0.1) is 17.1 Å². The van der Waals surface area contributed by atoms with E-state index in [1.54, 1.807) is 0 Å². The predicted molar refractivity (Wildman–Crippen MR) is 487 cm³/mol. The van der Waals surface area contributed by atoms with Crippen LogP contribution in [0.5, 0.6) is 0 Å². The summed E-state index contributed by atoms with van der Waals surface area (Å²) in [6, 6.07) is 149. The van der Waals surface area contributed by atoms with Gasteiger partial charge in [0.15, 0.2) is 0 Å². The lowest BCUT2D eigenvalue weighted by atomic mass is 9.87. The van der Waals surface area contributed by atoms with Crippen molar-refractivity contribution in [2.24, 2.45) is 0 Å². The van der Waals surface area contributed by atoms with Crippen LogP contribution in [-0.4, -0.2) is 0 Å². The van der Waals surface area contributed by atoms with Gasteiger partial charge in [-0.05, 0) is 165 Å². The first-order valence-electron chi connectivity index (χ1n) is 38.7. The highest BCUT2D eigenvalue weighted by atomic mass is 32.1. The minimum Gasteiger partial charge on any atom is -0.455 e. The number of para-hydroxylation sites is 4. The number of thiophene rings is 2. The molecule has 3 heterocycles. The highest BCUT2D eigenvalue weighted by Gasteiger charge is 2.30. The second-order valence-electron chi connectivity index (χ2n) is 29.5. The summed E-state index contributed by atoms with van der Waals surface area (Å²) in [6.07, 6.45) is 0. The number of rotatable bonds is 12. The maximum absolute atomic E-state index is 6.92. The Balaban J connectivity index is 0.686. The number of fused-ring (bicyclic) bond motifs is 17. The molecule has 20 aromatic carbocycles. The van der Waals surface area contributed by atoms with Gasteiger partial charge in [-0.3, -0.25) is 0 Å². The zero-order valence-electron chi connectivity index (χ0n) is 61.2. The monoisotopic (exact) mass is 1470 g/mol. The van der Waals surface area contributed by atoms with Gasteiger partial charge in [0.25, 0.3) is 0 Å². The third-order valence-corrected chi connectivity index (χ3v) is 25.9. The summed E-state index contributed by atoms with van der Waals surface area (Å²) >= 11 is 3.76. The standard InChI is InChI=1S/C108H66N2OS2/c1-2-29-72(30-3-1)109(73-59-56-69(57-60-73)78-44-24-49-95-86-38-16-20-52-99(86)112-107(78)95)104-91-41-12-8-34-82(91)80-32-6-10-39-89(80)101(104)88-46-23-28-70-66-71(58-63-76(70)88)79-65-64-77(103-96-43-17-21-53-100(96)113-108(79)103)68-54-61-74(62-55-68)110(97-50-18-14-36-84(97)93-47-25-48-94-85-37-15-19-51-98(85)111-106(93)94)105-92-42-13-9-35-83(92)81-33-7-11-40-90(81)102(105)87-45-22-27-67-26-4-5-31-75(67)87/h1-66H. The normalized spacial score (nSPS) is 11.9. The number of benzene rings is 20. The van der Waals surface area contributed by atoms with E-state index in [1.807, 2.05) is 22.7 Å². The maximum atomic E-state index is 6.92. The van der Waals surface area contributed by atoms with Crippen molar-refractivity contribution in [1.29, 1.82) is 0 Å². The molecule has 0 aliphatic heterocycles. The average Bonchev–Trinajstić information content (AvgIpc) is 1.61. The highest BCUT2D eigenvalue weighted by molar-refractivity contribution is 7.26. The van der Waals surface area contributed by atoms with E-state index in [0.29, 0.717) is 0 Å². The maximum Gasteiger partial charge on any atom is 0.143 e. The number of anilines is 6. The Bertz CT molecular complexity index is 7820. The number of nitrogens with zero attached hydrogens (tertiary/aromatic N) is 2. The van der Waals surface area contributed by atoms with E-state index in [9.17, 15) is 0 Å². The summed E-state index contributed by atoms with van der Waals surface area (Å²) in [5.74, 6) is 0. The first-order valence-corrected chi connectivity index (χ1v) is 40.3. The minimum absolute atomic E-state index is 0.865. The van der Waals surface area contributed by atoms with Crippen LogP contribution >= 0.6 is 22.7 Å². The topological polar surface area (TPSA) is 19.6 Å². The van der Waals surface area contributed by atoms with Crippen LogP contribution in [0.15, 0.2) is 405 Å². The second-order valence-corrected chi connectivity index (χ2v) is 31.6. The fraction of sp³-hybridized carbons (Fsp3) is 0. The molecule has 526 valence electrons. The lowest BCUT2D eigenvalue weighted by Crippen LogP contribution is -2.13. The summed E-state index contributed by atoms with van der Waals surface area (Å²) in [5.41, 5.74) is 22.1. The molecule has 0 aliphatic carbocycles. The van der Waals surface area contributed by atoms with Crippen LogP contribution in [0, 0.1) is 0 Å². The summed E-state index contributed by atoms with van der Waals surface area (Å²) in [6.45, 7) is 0. The van der Waals surface area contributed by atoms with Gasteiger partial charge in [-0.2, -0.15) is 0 Å². The summed E-state index contributed by atoms with van der Waals surface area (Å²) < 4.78 is 12.1. The predicted octanol–water partition coefficient (Wildman–Crippen LogP) is 32.2.